The molecule has 0 heterocycles. The highest BCUT2D eigenvalue weighted by Gasteiger charge is 2.14. The largest absolute Gasteiger partial charge is 0.326 e. The third kappa shape index (κ3) is 4.75. The average molecular weight is 375 g/mol. The Balaban J connectivity index is 2.45. The van der Waals surface area contributed by atoms with Gasteiger partial charge in [-0.25, -0.2) is 0 Å². The number of anilines is 1. The van der Waals surface area contributed by atoms with E-state index in [2.05, 4.69) is 25.2 Å². The van der Waals surface area contributed by atoms with Gasteiger partial charge in [-0.2, -0.15) is 5.26 Å². The van der Waals surface area contributed by atoms with Crippen molar-refractivity contribution in [3.8, 4) is 17.2 Å². The Morgan fingerprint density at radius 3 is 2.36 bits per heavy atom. The van der Waals surface area contributed by atoms with Crippen LogP contribution < -0.4 is 5.32 Å². The summed E-state index contributed by atoms with van der Waals surface area (Å²) in [6.07, 6.45) is 1.21. The lowest BCUT2D eigenvalue weighted by Gasteiger charge is -2.13. The number of benzene rings is 2. The van der Waals surface area contributed by atoms with Crippen LogP contribution in [0.1, 0.15) is 38.3 Å². The van der Waals surface area contributed by atoms with Gasteiger partial charge in [0.1, 0.15) is 0 Å². The lowest BCUT2D eigenvalue weighted by molar-refractivity contribution is -0.115. The molecule has 0 saturated carbocycles. The third-order valence-electron chi connectivity index (χ3n) is 3.79. The van der Waals surface area contributed by atoms with E-state index in [0.29, 0.717) is 39.2 Å². The lowest BCUT2D eigenvalue weighted by Crippen LogP contribution is -2.09. The van der Waals surface area contributed by atoms with Gasteiger partial charge < -0.3 is 5.32 Å². The first-order valence-corrected chi connectivity index (χ1v) is 8.93. The Morgan fingerprint density at radius 2 is 1.84 bits per heavy atom. The number of hydrogen-bond acceptors (Lipinski definition) is 2. The normalized spacial score (nSPS) is 10.6. The molecule has 1 N–H and O–H groups in total. The fourth-order valence-electron chi connectivity index (χ4n) is 2.62. The van der Waals surface area contributed by atoms with E-state index in [9.17, 15) is 10.1 Å². The van der Waals surface area contributed by atoms with Crippen LogP contribution in [0.5, 0.6) is 0 Å². The summed E-state index contributed by atoms with van der Waals surface area (Å²) in [4.78, 5) is 11.5. The van der Waals surface area contributed by atoms with Crippen LogP contribution in [0.2, 0.25) is 10.0 Å². The van der Waals surface area contributed by atoms with E-state index in [0.717, 1.165) is 17.5 Å². The molecular weight excluding hydrogens is 355 g/mol. The van der Waals surface area contributed by atoms with Crippen LogP contribution in [0.25, 0.3) is 11.1 Å². The van der Waals surface area contributed by atoms with Crippen molar-refractivity contribution >= 4 is 34.8 Å². The molecule has 2 aromatic rings. The molecule has 0 aliphatic carbocycles. The molecule has 0 aliphatic rings. The zero-order valence-corrected chi connectivity index (χ0v) is 16.0. The summed E-state index contributed by atoms with van der Waals surface area (Å²) in [5.74, 6) is 0.358. The average Bonchev–Trinajstić information content (AvgIpc) is 2.54. The van der Waals surface area contributed by atoms with Crippen molar-refractivity contribution in [1.29, 1.82) is 5.26 Å². The molecule has 5 heteroatoms. The Morgan fingerprint density at radius 1 is 1.20 bits per heavy atom. The molecule has 25 heavy (non-hydrogen) atoms. The first kappa shape index (κ1) is 19.3. The van der Waals surface area contributed by atoms with Crippen LogP contribution >= 0.6 is 23.2 Å². The number of hydrogen-bond donors (Lipinski definition) is 1. The number of nitrogens with one attached hydrogen (secondary N) is 1. The van der Waals surface area contributed by atoms with Gasteiger partial charge in [0.05, 0.1) is 21.7 Å². The van der Waals surface area contributed by atoms with E-state index >= 15 is 0 Å². The summed E-state index contributed by atoms with van der Waals surface area (Å²) in [7, 11) is 0. The molecule has 2 aromatic carbocycles. The molecule has 0 unspecified atom stereocenters. The molecular formula is C20H20Cl2N2O. The molecule has 2 rings (SSSR count). The van der Waals surface area contributed by atoms with Gasteiger partial charge in [0.25, 0.3) is 0 Å². The minimum absolute atomic E-state index is 0.107. The van der Waals surface area contributed by atoms with Crippen molar-refractivity contribution in [3.63, 3.8) is 0 Å². The van der Waals surface area contributed by atoms with Crippen LogP contribution in [-0.4, -0.2) is 5.91 Å². The molecule has 0 atom stereocenters. The lowest BCUT2D eigenvalue weighted by atomic mass is 9.94. The van der Waals surface area contributed by atoms with E-state index in [1.165, 1.54) is 0 Å². The molecule has 0 saturated heterocycles. The predicted octanol–water partition coefficient (Wildman–Crippen LogP) is 6.08. The molecule has 0 fully saturated rings. The molecule has 0 aliphatic heterocycles. The second kappa shape index (κ2) is 8.38. The standard InChI is InChI=1S/C20H20Cl2N2O/c1-4-19(25)24-16-9-17(21)20(18(22)10-16)14-6-5-13(7-12(2)3)15(8-14)11-23/h5-6,8-10,12H,4,7H2,1-3H3,(H,24,25). The Hall–Kier alpha value is -2.02. The van der Waals surface area contributed by atoms with Crippen LogP contribution in [0.3, 0.4) is 0 Å². The zero-order valence-electron chi connectivity index (χ0n) is 14.5. The SMILES string of the molecule is CCC(=O)Nc1cc(Cl)c(-c2ccc(CC(C)C)c(C#N)c2)c(Cl)c1. The van der Waals surface area contributed by atoms with Gasteiger partial charge in [0.2, 0.25) is 5.91 Å². The summed E-state index contributed by atoms with van der Waals surface area (Å²) in [6, 6.07) is 11.3. The number of amides is 1. The van der Waals surface area contributed by atoms with E-state index in [1.54, 1.807) is 19.1 Å². The molecule has 130 valence electrons. The highest BCUT2D eigenvalue weighted by molar-refractivity contribution is 6.39. The third-order valence-corrected chi connectivity index (χ3v) is 4.39. The zero-order chi connectivity index (χ0) is 18.6. The van der Waals surface area contributed by atoms with Gasteiger partial charge in [0, 0.05) is 17.7 Å². The number of nitrogens with zero attached hydrogens (tertiary/aromatic N) is 1. The van der Waals surface area contributed by atoms with Gasteiger partial charge in [0.15, 0.2) is 0 Å². The van der Waals surface area contributed by atoms with E-state index in [4.69, 9.17) is 23.2 Å². The quantitative estimate of drug-likeness (QED) is 0.689. The molecule has 0 bridgehead atoms. The Bertz CT molecular complexity index is 815. The molecule has 1 amide bonds. The van der Waals surface area contributed by atoms with Gasteiger partial charge in [-0.3, -0.25) is 4.79 Å². The van der Waals surface area contributed by atoms with Crippen molar-refractivity contribution < 1.29 is 4.79 Å². The van der Waals surface area contributed by atoms with Crippen LogP contribution in [0.15, 0.2) is 30.3 Å². The van der Waals surface area contributed by atoms with Crippen molar-refractivity contribution in [1.82, 2.24) is 0 Å². The minimum atomic E-state index is -0.107. The Labute approximate surface area is 158 Å². The number of rotatable bonds is 5. The first-order chi connectivity index (χ1) is 11.8. The monoisotopic (exact) mass is 374 g/mol. The number of halogens is 2. The molecule has 0 radical (unpaired) electrons. The topological polar surface area (TPSA) is 52.9 Å². The maximum absolute atomic E-state index is 11.5. The number of nitriles is 1. The van der Waals surface area contributed by atoms with Gasteiger partial charge in [-0.05, 0) is 41.7 Å². The summed E-state index contributed by atoms with van der Waals surface area (Å²) in [5.41, 5.74) is 3.64. The fourth-order valence-corrected chi connectivity index (χ4v) is 3.33. The highest BCUT2D eigenvalue weighted by atomic mass is 35.5. The van der Waals surface area contributed by atoms with Crippen LogP contribution in [-0.2, 0) is 11.2 Å². The van der Waals surface area contributed by atoms with Crippen molar-refractivity contribution in [2.24, 2.45) is 5.92 Å². The number of carbonyl (C=O) groups is 1. The number of carbonyl (C=O) groups excluding carboxylic acids is 1. The van der Waals surface area contributed by atoms with E-state index in [1.807, 2.05) is 18.2 Å². The molecule has 3 nitrogen and oxygen atoms in total. The van der Waals surface area contributed by atoms with E-state index < -0.39 is 0 Å². The van der Waals surface area contributed by atoms with Gasteiger partial charge in [-0.1, -0.05) is 56.1 Å². The smallest absolute Gasteiger partial charge is 0.224 e. The predicted molar refractivity (Wildman–Crippen MR) is 104 cm³/mol. The van der Waals surface area contributed by atoms with Crippen molar-refractivity contribution in [2.75, 3.05) is 5.32 Å². The minimum Gasteiger partial charge on any atom is -0.326 e. The summed E-state index contributed by atoms with van der Waals surface area (Å²) >= 11 is 12.8. The van der Waals surface area contributed by atoms with Gasteiger partial charge in [-0.15, -0.1) is 0 Å². The van der Waals surface area contributed by atoms with Crippen molar-refractivity contribution in [3.05, 3.63) is 51.5 Å². The summed E-state index contributed by atoms with van der Waals surface area (Å²) in [6.45, 7) is 6.01. The Kier molecular flexibility index (Phi) is 6.47. The summed E-state index contributed by atoms with van der Waals surface area (Å²) < 4.78 is 0. The first-order valence-electron chi connectivity index (χ1n) is 8.18. The van der Waals surface area contributed by atoms with Crippen molar-refractivity contribution in [2.45, 2.75) is 33.6 Å². The van der Waals surface area contributed by atoms with Crippen LogP contribution in [0, 0.1) is 17.2 Å². The molecule has 0 aromatic heterocycles. The molecule has 0 spiro atoms. The fraction of sp³-hybridized carbons (Fsp3) is 0.300. The van der Waals surface area contributed by atoms with Gasteiger partial charge >= 0.3 is 0 Å². The van der Waals surface area contributed by atoms with E-state index in [-0.39, 0.29) is 5.91 Å². The summed E-state index contributed by atoms with van der Waals surface area (Å²) in [5, 5.41) is 13.1. The second-order valence-electron chi connectivity index (χ2n) is 6.30. The highest BCUT2D eigenvalue weighted by Crippen LogP contribution is 2.38. The maximum atomic E-state index is 11.5. The van der Waals surface area contributed by atoms with Crippen LogP contribution in [0.4, 0.5) is 5.69 Å². The second-order valence-corrected chi connectivity index (χ2v) is 7.11. The maximum Gasteiger partial charge on any atom is 0.224 e.